The molecule has 0 aliphatic heterocycles. The van der Waals surface area contributed by atoms with Gasteiger partial charge in [0.2, 0.25) is 0 Å². The normalized spacial score (nSPS) is 12.2. The van der Waals surface area contributed by atoms with Gasteiger partial charge in [-0.05, 0) is 70.5 Å². The van der Waals surface area contributed by atoms with Gasteiger partial charge in [0.05, 0.1) is 7.11 Å². The standard InChI is InChI=1S/C15H15ClINO/c1-19-15-6-5-12(16)7-11(15)9-14(18)10-3-2-4-13(17)8-10/h2-8,14H,9,18H2,1H3. The second-order valence-corrected chi connectivity index (χ2v) is 6.00. The molecular weight excluding hydrogens is 373 g/mol. The summed E-state index contributed by atoms with van der Waals surface area (Å²) >= 11 is 8.32. The Kier molecular flexibility index (Phi) is 5.07. The molecule has 2 N–H and O–H groups in total. The van der Waals surface area contributed by atoms with E-state index in [0.717, 1.165) is 16.9 Å². The van der Waals surface area contributed by atoms with Crippen LogP contribution >= 0.6 is 34.2 Å². The third-order valence-corrected chi connectivity index (χ3v) is 3.87. The Hall–Kier alpha value is -0.780. The summed E-state index contributed by atoms with van der Waals surface area (Å²) in [6.45, 7) is 0. The van der Waals surface area contributed by atoms with Crippen LogP contribution in [0.15, 0.2) is 42.5 Å². The average molecular weight is 388 g/mol. The molecule has 0 fully saturated rings. The molecule has 100 valence electrons. The molecule has 0 aromatic heterocycles. The van der Waals surface area contributed by atoms with E-state index in [-0.39, 0.29) is 6.04 Å². The Morgan fingerprint density at radius 2 is 2.05 bits per heavy atom. The Balaban J connectivity index is 2.23. The molecule has 4 heteroatoms. The number of benzene rings is 2. The summed E-state index contributed by atoms with van der Waals surface area (Å²) in [7, 11) is 1.66. The lowest BCUT2D eigenvalue weighted by Gasteiger charge is -2.15. The predicted octanol–water partition coefficient (Wildman–Crippen LogP) is 4.20. The van der Waals surface area contributed by atoms with E-state index in [1.807, 2.05) is 30.3 Å². The monoisotopic (exact) mass is 387 g/mol. The molecule has 2 nitrogen and oxygen atoms in total. The van der Waals surface area contributed by atoms with Gasteiger partial charge in [-0.25, -0.2) is 0 Å². The number of ether oxygens (including phenoxy) is 1. The van der Waals surface area contributed by atoms with Crippen LogP contribution in [0.2, 0.25) is 5.02 Å². The zero-order chi connectivity index (χ0) is 13.8. The van der Waals surface area contributed by atoms with Crippen LogP contribution in [-0.4, -0.2) is 7.11 Å². The summed E-state index contributed by atoms with van der Waals surface area (Å²) in [6.07, 6.45) is 0.698. The van der Waals surface area contributed by atoms with Crippen LogP contribution in [0, 0.1) is 3.57 Å². The minimum absolute atomic E-state index is 0.0675. The number of halogens is 2. The predicted molar refractivity (Wildman–Crippen MR) is 87.8 cm³/mol. The van der Waals surface area contributed by atoms with E-state index in [2.05, 4.69) is 34.7 Å². The molecule has 1 atom stereocenters. The maximum absolute atomic E-state index is 6.27. The number of rotatable bonds is 4. The lowest BCUT2D eigenvalue weighted by atomic mass is 9.99. The van der Waals surface area contributed by atoms with Gasteiger partial charge in [-0.2, -0.15) is 0 Å². The summed E-state index contributed by atoms with van der Waals surface area (Å²) in [5.74, 6) is 0.825. The number of hydrogen-bond acceptors (Lipinski definition) is 2. The highest BCUT2D eigenvalue weighted by Gasteiger charge is 2.11. The molecule has 0 radical (unpaired) electrons. The zero-order valence-electron chi connectivity index (χ0n) is 10.6. The molecule has 0 saturated carbocycles. The SMILES string of the molecule is COc1ccc(Cl)cc1CC(N)c1cccc(I)c1. The van der Waals surface area contributed by atoms with Gasteiger partial charge in [0.15, 0.2) is 0 Å². The molecule has 0 spiro atoms. The molecule has 2 aromatic carbocycles. The van der Waals surface area contributed by atoms with E-state index in [1.54, 1.807) is 7.11 Å². The van der Waals surface area contributed by atoms with E-state index < -0.39 is 0 Å². The van der Waals surface area contributed by atoms with Crippen molar-refractivity contribution in [1.29, 1.82) is 0 Å². The molecule has 19 heavy (non-hydrogen) atoms. The smallest absolute Gasteiger partial charge is 0.122 e. The summed E-state index contributed by atoms with van der Waals surface area (Å²) < 4.78 is 6.53. The molecule has 0 aliphatic rings. The first-order chi connectivity index (χ1) is 9.10. The van der Waals surface area contributed by atoms with E-state index in [1.165, 1.54) is 3.57 Å². The van der Waals surface area contributed by atoms with Crippen molar-refractivity contribution < 1.29 is 4.74 Å². The van der Waals surface area contributed by atoms with Crippen molar-refractivity contribution in [1.82, 2.24) is 0 Å². The Morgan fingerprint density at radius 3 is 2.74 bits per heavy atom. The highest BCUT2D eigenvalue weighted by molar-refractivity contribution is 14.1. The van der Waals surface area contributed by atoms with Gasteiger partial charge < -0.3 is 10.5 Å². The van der Waals surface area contributed by atoms with Crippen molar-refractivity contribution in [3.63, 3.8) is 0 Å². The summed E-state index contributed by atoms with van der Waals surface area (Å²) in [6, 6.07) is 13.8. The van der Waals surface area contributed by atoms with Crippen LogP contribution < -0.4 is 10.5 Å². The van der Waals surface area contributed by atoms with Crippen molar-refractivity contribution in [3.8, 4) is 5.75 Å². The number of nitrogens with two attached hydrogens (primary N) is 1. The Morgan fingerprint density at radius 1 is 1.26 bits per heavy atom. The summed E-state index contributed by atoms with van der Waals surface area (Å²) in [5, 5.41) is 0.700. The zero-order valence-corrected chi connectivity index (χ0v) is 13.5. The van der Waals surface area contributed by atoms with E-state index in [9.17, 15) is 0 Å². The molecule has 0 bridgehead atoms. The highest BCUT2D eigenvalue weighted by Crippen LogP contribution is 2.27. The van der Waals surface area contributed by atoms with Crippen LogP contribution in [0.25, 0.3) is 0 Å². The topological polar surface area (TPSA) is 35.2 Å². The quantitative estimate of drug-likeness (QED) is 0.798. The number of methoxy groups -OCH3 is 1. The van der Waals surface area contributed by atoms with Gasteiger partial charge in [0.1, 0.15) is 5.75 Å². The van der Waals surface area contributed by atoms with Crippen molar-refractivity contribution in [2.75, 3.05) is 7.11 Å². The minimum Gasteiger partial charge on any atom is -0.496 e. The van der Waals surface area contributed by atoms with Gasteiger partial charge in [0, 0.05) is 14.6 Å². The summed E-state index contributed by atoms with van der Waals surface area (Å²) in [5.41, 5.74) is 8.42. The average Bonchev–Trinajstić information content (AvgIpc) is 2.39. The first kappa shape index (κ1) is 14.6. The molecule has 0 aliphatic carbocycles. The van der Waals surface area contributed by atoms with Crippen LogP contribution in [-0.2, 0) is 6.42 Å². The fraction of sp³-hybridized carbons (Fsp3) is 0.200. The molecule has 0 heterocycles. The molecule has 1 unspecified atom stereocenters. The van der Waals surface area contributed by atoms with Crippen molar-refractivity contribution in [2.24, 2.45) is 5.73 Å². The minimum atomic E-state index is -0.0675. The van der Waals surface area contributed by atoms with E-state index in [0.29, 0.717) is 11.4 Å². The van der Waals surface area contributed by atoms with Gasteiger partial charge in [0.25, 0.3) is 0 Å². The molecule has 0 saturated heterocycles. The maximum atomic E-state index is 6.27. The van der Waals surface area contributed by atoms with Gasteiger partial charge in [-0.1, -0.05) is 23.7 Å². The Labute approximate surface area is 132 Å². The van der Waals surface area contributed by atoms with Gasteiger partial charge >= 0.3 is 0 Å². The molecule has 2 aromatic rings. The van der Waals surface area contributed by atoms with E-state index in [4.69, 9.17) is 22.1 Å². The van der Waals surface area contributed by atoms with Gasteiger partial charge in [-0.15, -0.1) is 0 Å². The molecular formula is C15H15ClINO. The fourth-order valence-corrected chi connectivity index (χ4v) is 2.76. The highest BCUT2D eigenvalue weighted by atomic mass is 127. The Bertz CT molecular complexity index is 574. The van der Waals surface area contributed by atoms with Crippen LogP contribution in [0.5, 0.6) is 5.75 Å². The van der Waals surface area contributed by atoms with E-state index >= 15 is 0 Å². The van der Waals surface area contributed by atoms with Gasteiger partial charge in [-0.3, -0.25) is 0 Å². The largest absolute Gasteiger partial charge is 0.496 e. The molecule has 0 amide bonds. The third kappa shape index (κ3) is 3.84. The second-order valence-electron chi connectivity index (χ2n) is 4.32. The lowest BCUT2D eigenvalue weighted by Crippen LogP contribution is -2.14. The van der Waals surface area contributed by atoms with Crippen molar-refractivity contribution in [2.45, 2.75) is 12.5 Å². The van der Waals surface area contributed by atoms with Crippen LogP contribution in [0.4, 0.5) is 0 Å². The van der Waals surface area contributed by atoms with Crippen LogP contribution in [0.1, 0.15) is 17.2 Å². The third-order valence-electron chi connectivity index (χ3n) is 2.96. The summed E-state index contributed by atoms with van der Waals surface area (Å²) in [4.78, 5) is 0. The fourth-order valence-electron chi connectivity index (χ4n) is 2.00. The van der Waals surface area contributed by atoms with Crippen molar-refractivity contribution >= 4 is 34.2 Å². The van der Waals surface area contributed by atoms with Crippen LogP contribution in [0.3, 0.4) is 0 Å². The maximum Gasteiger partial charge on any atom is 0.122 e. The first-order valence-corrected chi connectivity index (χ1v) is 7.39. The second kappa shape index (κ2) is 6.59. The lowest BCUT2D eigenvalue weighted by molar-refractivity contribution is 0.408. The molecule has 2 rings (SSSR count). The van der Waals surface area contributed by atoms with Crippen molar-refractivity contribution in [3.05, 3.63) is 62.2 Å². The first-order valence-electron chi connectivity index (χ1n) is 5.93. The number of hydrogen-bond donors (Lipinski definition) is 1.